The Bertz CT molecular complexity index is 67.3. The van der Waals surface area contributed by atoms with E-state index in [2.05, 4.69) is 27.2 Å². The molecule has 0 aliphatic rings. The van der Waals surface area contributed by atoms with Crippen molar-refractivity contribution in [1.82, 2.24) is 0 Å². The molecule has 0 radical (unpaired) electrons. The number of primary amides is 1. The zero-order valence-corrected chi connectivity index (χ0v) is 5.16. The van der Waals surface area contributed by atoms with Crippen molar-refractivity contribution in [2.75, 3.05) is 6.61 Å². The normalized spacial score (nSPS) is 7.00. The maximum Gasteiger partial charge on any atom is 0.404 e. The van der Waals surface area contributed by atoms with Crippen molar-refractivity contribution in [3.05, 3.63) is 0 Å². The Hall–Kier alpha value is -0.850. The van der Waals surface area contributed by atoms with Crippen molar-refractivity contribution >= 4 is 6.09 Å². The van der Waals surface area contributed by atoms with Gasteiger partial charge in [-0.1, -0.05) is 0 Å². The van der Waals surface area contributed by atoms with E-state index in [-0.39, 0.29) is 0 Å². The lowest BCUT2D eigenvalue weighted by Gasteiger charge is -1.89. The van der Waals surface area contributed by atoms with Crippen molar-refractivity contribution in [2.45, 2.75) is 6.92 Å². The molecule has 0 saturated carbocycles. The smallest absolute Gasteiger partial charge is 0.404 e. The number of rotatable bonds is 1. The molecule has 6 N–H and O–H groups in total. The minimum Gasteiger partial charge on any atom is -0.450 e. The largest absolute Gasteiger partial charge is 0.450 e. The first-order valence-electron chi connectivity index (χ1n) is 2.16. The zero-order valence-electron chi connectivity index (χ0n) is 5.16. The molecule has 0 aliphatic carbocycles. The van der Waals surface area contributed by atoms with Gasteiger partial charge in [-0.25, -0.2) is 9.73 Å². The van der Waals surface area contributed by atoms with Crippen LogP contribution in [0.15, 0.2) is 0 Å². The highest BCUT2D eigenvalue weighted by molar-refractivity contribution is 5.64. The number of nitrogens with two attached hydrogens (primary N) is 3. The molecule has 0 spiro atoms. The lowest BCUT2D eigenvalue weighted by Crippen LogP contribution is -2.11. The highest BCUT2D eigenvalue weighted by atomic mass is 16.7. The number of hydrogen-bond donors (Lipinski definition) is 3. The number of amides is 1. The standard InChI is InChI=1S/C3H7NO2.H4N2O/c1-2-6-3(4)5;1-3-2/h2H2,1H3,(H2,4,5);1-2H2. The van der Waals surface area contributed by atoms with E-state index in [1.54, 1.807) is 6.92 Å². The third-order valence-corrected chi connectivity index (χ3v) is 0.287. The molecule has 0 unspecified atom stereocenters. The molecular formula is C3H11N3O3. The molecule has 0 aromatic heterocycles. The van der Waals surface area contributed by atoms with E-state index >= 15 is 0 Å². The van der Waals surface area contributed by atoms with Gasteiger partial charge >= 0.3 is 6.09 Å². The van der Waals surface area contributed by atoms with Crippen LogP contribution in [0.5, 0.6) is 0 Å². The molecule has 0 aromatic carbocycles. The van der Waals surface area contributed by atoms with Gasteiger partial charge in [0.15, 0.2) is 0 Å². The quantitative estimate of drug-likeness (QED) is 0.395. The van der Waals surface area contributed by atoms with Crippen LogP contribution >= 0.6 is 0 Å². The number of ether oxygens (including phenoxy) is 1. The van der Waals surface area contributed by atoms with Crippen LogP contribution in [0.2, 0.25) is 0 Å². The van der Waals surface area contributed by atoms with E-state index in [0.717, 1.165) is 0 Å². The molecule has 0 rings (SSSR count). The minimum absolute atomic E-state index is 0.356. The molecule has 0 atom stereocenters. The lowest BCUT2D eigenvalue weighted by molar-refractivity contribution is 0.142. The predicted octanol–water partition coefficient (Wildman–Crippen LogP) is -1.15. The average molecular weight is 137 g/mol. The molecule has 0 heterocycles. The topological polar surface area (TPSA) is 114 Å². The molecule has 56 valence electrons. The van der Waals surface area contributed by atoms with Gasteiger partial charge in [-0.2, -0.15) is 11.8 Å². The van der Waals surface area contributed by atoms with Crippen LogP contribution in [-0.4, -0.2) is 12.7 Å². The Balaban J connectivity index is 0. The predicted molar refractivity (Wildman–Crippen MR) is 30.7 cm³/mol. The fourth-order valence-corrected chi connectivity index (χ4v) is 0.142. The van der Waals surface area contributed by atoms with Gasteiger partial charge in [0.2, 0.25) is 0 Å². The lowest BCUT2D eigenvalue weighted by atomic mass is 10.9. The van der Waals surface area contributed by atoms with Crippen LogP contribution in [-0.2, 0) is 9.68 Å². The van der Waals surface area contributed by atoms with Crippen molar-refractivity contribution < 1.29 is 14.5 Å². The number of carbonyl (C=O) groups is 1. The van der Waals surface area contributed by atoms with Crippen LogP contribution in [0.3, 0.4) is 0 Å². The van der Waals surface area contributed by atoms with Crippen molar-refractivity contribution in [3.63, 3.8) is 0 Å². The SMILES string of the molecule is CCOC(N)=O.NON. The number of hydrogen-bond acceptors (Lipinski definition) is 5. The summed E-state index contributed by atoms with van der Waals surface area (Å²) in [4.78, 5) is 12.8. The molecular weight excluding hydrogens is 126 g/mol. The van der Waals surface area contributed by atoms with Crippen molar-refractivity contribution in [3.8, 4) is 0 Å². The maximum absolute atomic E-state index is 9.60. The zero-order chi connectivity index (χ0) is 7.70. The molecule has 0 aromatic rings. The summed E-state index contributed by atoms with van der Waals surface area (Å²) in [6.07, 6.45) is -0.711. The Kier molecular flexibility index (Phi) is 12.5. The average Bonchev–Trinajstić information content (AvgIpc) is 1.67. The van der Waals surface area contributed by atoms with E-state index in [1.807, 2.05) is 0 Å². The summed E-state index contributed by atoms with van der Waals surface area (Å²) in [5.74, 6) is 8.25. The molecule has 0 fully saturated rings. The second kappa shape index (κ2) is 10.2. The summed E-state index contributed by atoms with van der Waals surface area (Å²) >= 11 is 0. The third-order valence-electron chi connectivity index (χ3n) is 0.287. The van der Waals surface area contributed by atoms with Crippen LogP contribution in [0.25, 0.3) is 0 Å². The van der Waals surface area contributed by atoms with E-state index in [0.29, 0.717) is 6.61 Å². The summed E-state index contributed by atoms with van der Waals surface area (Å²) in [6, 6.07) is 0. The minimum atomic E-state index is -0.711. The monoisotopic (exact) mass is 137 g/mol. The van der Waals surface area contributed by atoms with E-state index in [4.69, 9.17) is 0 Å². The van der Waals surface area contributed by atoms with Crippen LogP contribution in [0.1, 0.15) is 6.92 Å². The van der Waals surface area contributed by atoms with Crippen LogP contribution in [0.4, 0.5) is 4.79 Å². The molecule has 1 amide bonds. The second-order valence-corrected chi connectivity index (χ2v) is 0.888. The van der Waals surface area contributed by atoms with Crippen molar-refractivity contribution in [1.29, 1.82) is 0 Å². The molecule has 6 heteroatoms. The fourth-order valence-electron chi connectivity index (χ4n) is 0.142. The van der Waals surface area contributed by atoms with Gasteiger partial charge in [-0.05, 0) is 6.92 Å². The second-order valence-electron chi connectivity index (χ2n) is 0.888. The Labute approximate surface area is 52.8 Å². The fraction of sp³-hybridized carbons (Fsp3) is 0.667. The van der Waals surface area contributed by atoms with Gasteiger partial charge < -0.3 is 10.5 Å². The Morgan fingerprint density at radius 3 is 1.89 bits per heavy atom. The van der Waals surface area contributed by atoms with E-state index < -0.39 is 6.09 Å². The molecule has 9 heavy (non-hydrogen) atoms. The van der Waals surface area contributed by atoms with Gasteiger partial charge in [0.1, 0.15) is 0 Å². The van der Waals surface area contributed by atoms with Crippen molar-refractivity contribution in [2.24, 2.45) is 17.5 Å². The van der Waals surface area contributed by atoms with E-state index in [9.17, 15) is 4.79 Å². The van der Waals surface area contributed by atoms with Gasteiger partial charge in [-0.15, -0.1) is 0 Å². The molecule has 6 nitrogen and oxygen atoms in total. The van der Waals surface area contributed by atoms with Gasteiger partial charge in [0, 0.05) is 0 Å². The first kappa shape index (κ1) is 11.0. The summed E-state index contributed by atoms with van der Waals surface area (Å²) in [5.41, 5.74) is 4.54. The number of carbonyl (C=O) groups excluding carboxylic acids is 1. The first-order chi connectivity index (χ1) is 4.18. The van der Waals surface area contributed by atoms with Crippen LogP contribution < -0.4 is 17.5 Å². The van der Waals surface area contributed by atoms with Gasteiger partial charge in [-0.3, -0.25) is 0 Å². The molecule has 0 aliphatic heterocycles. The Morgan fingerprint density at radius 2 is 1.89 bits per heavy atom. The molecule has 0 bridgehead atoms. The summed E-state index contributed by atoms with van der Waals surface area (Å²) < 4.78 is 4.18. The van der Waals surface area contributed by atoms with Gasteiger partial charge in [0.25, 0.3) is 0 Å². The summed E-state index contributed by atoms with van der Waals surface area (Å²) in [5, 5.41) is 0. The Morgan fingerprint density at radius 1 is 1.56 bits per heavy atom. The summed E-state index contributed by atoms with van der Waals surface area (Å²) in [6.45, 7) is 2.06. The maximum atomic E-state index is 9.60. The highest BCUT2D eigenvalue weighted by Gasteiger charge is 1.82. The highest BCUT2D eigenvalue weighted by Crippen LogP contribution is 1.66. The molecule has 0 saturated heterocycles. The third kappa shape index (κ3) is 41.0. The van der Waals surface area contributed by atoms with Crippen LogP contribution in [0, 0.1) is 0 Å². The summed E-state index contributed by atoms with van der Waals surface area (Å²) in [7, 11) is 0. The van der Waals surface area contributed by atoms with Gasteiger partial charge in [0.05, 0.1) is 6.61 Å². The van der Waals surface area contributed by atoms with E-state index in [1.165, 1.54) is 0 Å². The first-order valence-corrected chi connectivity index (χ1v) is 2.16.